The second-order valence-corrected chi connectivity index (χ2v) is 13.0. The summed E-state index contributed by atoms with van der Waals surface area (Å²) in [5.41, 5.74) is 3.16. The molecule has 10 nitrogen and oxygen atoms in total. The van der Waals surface area contributed by atoms with Crippen molar-refractivity contribution in [3.63, 3.8) is 0 Å². The number of sulfonamides is 2. The Hall–Kier alpha value is -4.55. The first kappa shape index (κ1) is 30.4. The van der Waals surface area contributed by atoms with Crippen molar-refractivity contribution in [1.29, 1.82) is 0 Å². The lowest BCUT2D eigenvalue weighted by Gasteiger charge is -2.23. The number of carbonyl (C=O) groups is 1. The predicted molar refractivity (Wildman–Crippen MR) is 163 cm³/mol. The molecule has 0 atom stereocenters. The Labute approximate surface area is 246 Å². The van der Waals surface area contributed by atoms with Crippen LogP contribution in [0.5, 0.6) is 11.5 Å². The summed E-state index contributed by atoms with van der Waals surface area (Å²) in [5, 5.41) is 2.74. The maximum absolute atomic E-state index is 13.0. The summed E-state index contributed by atoms with van der Waals surface area (Å²) in [6.45, 7) is 2.00. The second-order valence-electron chi connectivity index (χ2n) is 9.46. The van der Waals surface area contributed by atoms with E-state index >= 15 is 0 Å². The lowest BCUT2D eigenvalue weighted by molar-refractivity contribution is 0.102. The van der Waals surface area contributed by atoms with Crippen molar-refractivity contribution >= 4 is 43.0 Å². The van der Waals surface area contributed by atoms with Crippen molar-refractivity contribution in [2.75, 3.05) is 34.8 Å². The highest BCUT2D eigenvalue weighted by Gasteiger charge is 2.19. The molecule has 0 aromatic heterocycles. The Bertz CT molecular complexity index is 1790. The van der Waals surface area contributed by atoms with E-state index in [0.717, 1.165) is 11.8 Å². The molecule has 0 radical (unpaired) electrons. The summed E-state index contributed by atoms with van der Waals surface area (Å²) in [6, 6.07) is 24.3. The van der Waals surface area contributed by atoms with Gasteiger partial charge in [0.15, 0.2) is 0 Å². The van der Waals surface area contributed by atoms with Gasteiger partial charge in [0, 0.05) is 17.3 Å². The van der Waals surface area contributed by atoms with Gasteiger partial charge in [-0.15, -0.1) is 0 Å². The van der Waals surface area contributed by atoms with Crippen LogP contribution >= 0.6 is 0 Å². The third kappa shape index (κ3) is 7.39. The highest BCUT2D eigenvalue weighted by Crippen LogP contribution is 2.31. The summed E-state index contributed by atoms with van der Waals surface area (Å²) in [6.07, 6.45) is 1.15. The molecule has 0 bridgehead atoms. The van der Waals surface area contributed by atoms with Crippen molar-refractivity contribution in [3.8, 4) is 11.5 Å². The van der Waals surface area contributed by atoms with Gasteiger partial charge in [0.1, 0.15) is 11.5 Å². The Morgan fingerprint density at radius 2 is 1.52 bits per heavy atom. The molecule has 1 amide bonds. The first-order chi connectivity index (χ1) is 19.9. The zero-order valence-corrected chi connectivity index (χ0v) is 25.1. The van der Waals surface area contributed by atoms with Crippen LogP contribution in [0.3, 0.4) is 0 Å². The van der Waals surface area contributed by atoms with E-state index in [2.05, 4.69) is 10.0 Å². The smallest absolute Gasteiger partial charge is 0.262 e. The summed E-state index contributed by atoms with van der Waals surface area (Å²) < 4.78 is 65.1. The molecule has 4 aromatic carbocycles. The van der Waals surface area contributed by atoms with E-state index in [0.29, 0.717) is 34.0 Å². The Morgan fingerprint density at radius 3 is 2.12 bits per heavy atom. The van der Waals surface area contributed by atoms with Crippen LogP contribution in [0.4, 0.5) is 17.1 Å². The van der Waals surface area contributed by atoms with Gasteiger partial charge in [0.25, 0.3) is 15.9 Å². The van der Waals surface area contributed by atoms with Crippen molar-refractivity contribution in [1.82, 2.24) is 0 Å². The number of nitrogens with zero attached hydrogens (tertiary/aromatic N) is 1. The van der Waals surface area contributed by atoms with E-state index in [1.54, 1.807) is 54.6 Å². The molecule has 0 unspecified atom stereocenters. The Kier molecular flexibility index (Phi) is 9.08. The first-order valence-electron chi connectivity index (χ1n) is 12.7. The van der Waals surface area contributed by atoms with Gasteiger partial charge in [-0.2, -0.15) is 0 Å². The van der Waals surface area contributed by atoms with Crippen LogP contribution in [-0.2, 0) is 26.6 Å². The van der Waals surface area contributed by atoms with Gasteiger partial charge in [-0.05, 0) is 78.7 Å². The van der Waals surface area contributed by atoms with E-state index in [4.69, 9.17) is 9.47 Å². The number of amides is 1. The van der Waals surface area contributed by atoms with Crippen molar-refractivity contribution < 1.29 is 31.1 Å². The first-order valence-corrected chi connectivity index (χ1v) is 16.0. The van der Waals surface area contributed by atoms with Crippen LogP contribution in [0.1, 0.15) is 21.5 Å². The number of methoxy groups -OCH3 is 2. The number of anilines is 3. The molecule has 0 aliphatic heterocycles. The van der Waals surface area contributed by atoms with Gasteiger partial charge in [-0.3, -0.25) is 13.8 Å². The van der Waals surface area contributed by atoms with Crippen LogP contribution in [0, 0.1) is 6.92 Å². The van der Waals surface area contributed by atoms with Crippen molar-refractivity contribution in [2.24, 2.45) is 0 Å². The molecule has 12 heteroatoms. The largest absolute Gasteiger partial charge is 0.497 e. The third-order valence-electron chi connectivity index (χ3n) is 6.31. The molecule has 4 aromatic rings. The molecule has 220 valence electrons. The number of ether oxygens (including phenoxy) is 2. The summed E-state index contributed by atoms with van der Waals surface area (Å²) >= 11 is 0. The highest BCUT2D eigenvalue weighted by molar-refractivity contribution is 7.92. The molecule has 42 heavy (non-hydrogen) atoms. The van der Waals surface area contributed by atoms with Crippen molar-refractivity contribution in [2.45, 2.75) is 18.4 Å². The molecule has 0 aliphatic rings. The molecule has 0 aliphatic carbocycles. The van der Waals surface area contributed by atoms with E-state index in [1.807, 2.05) is 13.0 Å². The number of rotatable bonds is 11. The number of hydrogen-bond donors (Lipinski definition) is 2. The van der Waals surface area contributed by atoms with Gasteiger partial charge in [0.2, 0.25) is 10.0 Å². The van der Waals surface area contributed by atoms with E-state index < -0.39 is 26.0 Å². The fraction of sp³-hybridized carbons (Fsp3) is 0.167. The topological polar surface area (TPSA) is 131 Å². The van der Waals surface area contributed by atoms with Gasteiger partial charge < -0.3 is 14.8 Å². The summed E-state index contributed by atoms with van der Waals surface area (Å²) in [7, 11) is -4.60. The van der Waals surface area contributed by atoms with Crippen LogP contribution in [-0.4, -0.2) is 43.2 Å². The third-order valence-corrected chi connectivity index (χ3v) is 8.83. The van der Waals surface area contributed by atoms with E-state index in [9.17, 15) is 21.6 Å². The number of carbonyl (C=O) groups excluding carboxylic acids is 1. The second kappa shape index (κ2) is 12.5. The number of hydrogen-bond acceptors (Lipinski definition) is 7. The highest BCUT2D eigenvalue weighted by atomic mass is 32.2. The molecule has 4 rings (SSSR count). The van der Waals surface area contributed by atoms with E-state index in [1.165, 1.54) is 48.9 Å². The van der Waals surface area contributed by atoms with Gasteiger partial charge in [-0.25, -0.2) is 16.8 Å². The summed E-state index contributed by atoms with van der Waals surface area (Å²) in [5.74, 6) is 0.377. The normalized spacial score (nSPS) is 11.4. The fourth-order valence-corrected chi connectivity index (χ4v) is 6.07. The SMILES string of the molecule is COc1ccc(OC)c(NS(=O)(=O)c2ccc(NC(=O)c3ccc(CN(c4cccc(C)c4)S(C)(=O)=O)cc3)cc2)c1. The zero-order valence-electron chi connectivity index (χ0n) is 23.5. The molecule has 0 fully saturated rings. The maximum atomic E-state index is 13.0. The van der Waals surface area contributed by atoms with E-state index in [-0.39, 0.29) is 17.1 Å². The minimum atomic E-state index is -3.96. The molecule has 2 N–H and O–H groups in total. The molecule has 0 spiro atoms. The van der Waals surface area contributed by atoms with Crippen LogP contribution in [0.2, 0.25) is 0 Å². The fourth-order valence-electron chi connectivity index (χ4n) is 4.13. The number of benzene rings is 4. The number of aryl methyl sites for hydroxylation is 1. The predicted octanol–water partition coefficient (Wildman–Crippen LogP) is 5.03. The quantitative estimate of drug-likeness (QED) is 0.244. The molecule has 0 saturated carbocycles. The average molecular weight is 610 g/mol. The monoisotopic (exact) mass is 609 g/mol. The maximum Gasteiger partial charge on any atom is 0.262 e. The zero-order chi connectivity index (χ0) is 30.5. The Morgan fingerprint density at radius 1 is 0.833 bits per heavy atom. The summed E-state index contributed by atoms with van der Waals surface area (Å²) in [4.78, 5) is 12.8. The minimum absolute atomic E-state index is 0.0150. The van der Waals surface area contributed by atoms with Gasteiger partial charge in [-0.1, -0.05) is 24.3 Å². The minimum Gasteiger partial charge on any atom is -0.497 e. The average Bonchev–Trinajstić information content (AvgIpc) is 2.95. The lowest BCUT2D eigenvalue weighted by Crippen LogP contribution is -2.29. The lowest BCUT2D eigenvalue weighted by atomic mass is 10.1. The van der Waals surface area contributed by atoms with Crippen LogP contribution in [0.25, 0.3) is 0 Å². The van der Waals surface area contributed by atoms with Gasteiger partial charge in [0.05, 0.1) is 43.3 Å². The molecular weight excluding hydrogens is 578 g/mol. The Balaban J connectivity index is 1.44. The molecule has 0 saturated heterocycles. The van der Waals surface area contributed by atoms with Crippen molar-refractivity contribution in [3.05, 3.63) is 108 Å². The number of nitrogens with one attached hydrogen (secondary N) is 2. The molecular formula is C30H31N3O7S2. The molecule has 0 heterocycles. The van der Waals surface area contributed by atoms with Gasteiger partial charge >= 0.3 is 0 Å². The standard InChI is InChI=1S/C30H31N3O7S2/c1-21-6-5-7-25(18-21)33(41(4,35)36)20-22-8-10-23(11-9-22)30(34)31-24-12-15-27(16-13-24)42(37,38)32-28-19-26(39-2)14-17-29(28)40-3/h5-19,32H,20H2,1-4H3,(H,31,34). The van der Waals surface area contributed by atoms with Crippen LogP contribution < -0.4 is 23.8 Å². The van der Waals surface area contributed by atoms with Crippen LogP contribution in [0.15, 0.2) is 95.9 Å².